The van der Waals surface area contributed by atoms with Crippen LogP contribution in [0.5, 0.6) is 0 Å². The second-order valence-corrected chi connectivity index (χ2v) is 8.19. The van der Waals surface area contributed by atoms with Crippen molar-refractivity contribution in [2.75, 3.05) is 11.9 Å². The molecule has 164 valence electrons. The molecular formula is C22H31N3O5. The first-order valence-corrected chi connectivity index (χ1v) is 10.8. The van der Waals surface area contributed by atoms with E-state index >= 15 is 0 Å². The van der Waals surface area contributed by atoms with E-state index in [0.29, 0.717) is 32.2 Å². The molecule has 1 fully saturated rings. The van der Waals surface area contributed by atoms with Gasteiger partial charge in [0.2, 0.25) is 11.8 Å². The molecule has 0 bridgehead atoms. The molecule has 1 aliphatic carbocycles. The van der Waals surface area contributed by atoms with Crippen LogP contribution < -0.4 is 10.8 Å². The van der Waals surface area contributed by atoms with E-state index in [1.165, 1.54) is 21.5 Å². The van der Waals surface area contributed by atoms with Crippen LogP contribution in [0.2, 0.25) is 0 Å². The molecular weight excluding hydrogens is 386 g/mol. The number of amides is 3. The number of anilines is 1. The number of benzene rings is 1. The number of aliphatic hydroxyl groups is 1. The number of fused-ring (bicyclic) bond motifs is 1. The van der Waals surface area contributed by atoms with Crippen molar-refractivity contribution in [2.24, 2.45) is 5.92 Å². The third kappa shape index (κ3) is 4.82. The number of nitrogens with one attached hydrogen (secondary N) is 2. The van der Waals surface area contributed by atoms with Gasteiger partial charge in [-0.05, 0) is 61.8 Å². The summed E-state index contributed by atoms with van der Waals surface area (Å²) < 4.78 is 0. The molecule has 8 nitrogen and oxygen atoms in total. The SMILES string of the molecule is CCCCC(C(=O)N1CCCC1C(=O)Nc1ccc2c(c1)CCC2)C(O)C(=O)NO. The number of hydrogen-bond acceptors (Lipinski definition) is 5. The topological polar surface area (TPSA) is 119 Å². The van der Waals surface area contributed by atoms with Crippen LogP contribution in [-0.2, 0) is 27.2 Å². The summed E-state index contributed by atoms with van der Waals surface area (Å²) in [5.74, 6) is -2.69. The highest BCUT2D eigenvalue weighted by atomic mass is 16.5. The average Bonchev–Trinajstić information content (AvgIpc) is 3.42. The number of likely N-dealkylation sites (tertiary alicyclic amines) is 1. The first-order chi connectivity index (χ1) is 14.5. The highest BCUT2D eigenvalue weighted by molar-refractivity contribution is 5.98. The Bertz CT molecular complexity index is 797. The van der Waals surface area contributed by atoms with Gasteiger partial charge in [0.15, 0.2) is 0 Å². The number of hydrogen-bond donors (Lipinski definition) is 4. The number of nitrogens with zero attached hydrogens (tertiary/aromatic N) is 1. The number of carbonyl (C=O) groups is 3. The Morgan fingerprint density at radius 1 is 1.20 bits per heavy atom. The van der Waals surface area contributed by atoms with Crippen LogP contribution in [0.1, 0.15) is 56.6 Å². The van der Waals surface area contributed by atoms with Gasteiger partial charge in [-0.25, -0.2) is 5.48 Å². The van der Waals surface area contributed by atoms with E-state index < -0.39 is 29.9 Å². The summed E-state index contributed by atoms with van der Waals surface area (Å²) in [7, 11) is 0. The molecule has 3 rings (SSSR count). The van der Waals surface area contributed by atoms with E-state index in [4.69, 9.17) is 5.21 Å². The molecule has 0 saturated carbocycles. The van der Waals surface area contributed by atoms with Crippen molar-refractivity contribution >= 4 is 23.4 Å². The molecule has 0 radical (unpaired) electrons. The maximum absolute atomic E-state index is 13.2. The second-order valence-electron chi connectivity index (χ2n) is 8.19. The second kappa shape index (κ2) is 10.0. The van der Waals surface area contributed by atoms with E-state index in [9.17, 15) is 19.5 Å². The average molecular weight is 418 g/mol. The molecule has 3 unspecified atom stereocenters. The van der Waals surface area contributed by atoms with Crippen LogP contribution in [0.3, 0.4) is 0 Å². The standard InChI is InChI=1S/C22H31N3O5/c1-2-3-8-17(19(26)21(28)24-30)22(29)25-12-5-9-18(25)20(27)23-16-11-10-14-6-4-7-15(14)13-16/h10-11,13,17-19,26,30H,2-9,12H2,1H3,(H,23,27)(H,24,28). The van der Waals surface area contributed by atoms with Crippen LogP contribution in [0.15, 0.2) is 18.2 Å². The van der Waals surface area contributed by atoms with Gasteiger partial charge in [-0.1, -0.05) is 25.8 Å². The summed E-state index contributed by atoms with van der Waals surface area (Å²) in [5, 5.41) is 22.0. The molecule has 30 heavy (non-hydrogen) atoms. The summed E-state index contributed by atoms with van der Waals surface area (Å²) in [6.07, 6.45) is 4.50. The summed E-state index contributed by atoms with van der Waals surface area (Å²) in [6, 6.07) is 5.29. The van der Waals surface area contributed by atoms with E-state index in [2.05, 4.69) is 5.32 Å². The third-order valence-electron chi connectivity index (χ3n) is 6.15. The normalized spacial score (nSPS) is 19.8. The van der Waals surface area contributed by atoms with Crippen molar-refractivity contribution < 1.29 is 24.7 Å². The first-order valence-electron chi connectivity index (χ1n) is 10.8. The van der Waals surface area contributed by atoms with Crippen molar-refractivity contribution in [1.29, 1.82) is 0 Å². The summed E-state index contributed by atoms with van der Waals surface area (Å²) >= 11 is 0. The molecule has 8 heteroatoms. The lowest BCUT2D eigenvalue weighted by atomic mass is 9.93. The Balaban J connectivity index is 1.71. The van der Waals surface area contributed by atoms with Crippen molar-refractivity contribution in [3.05, 3.63) is 29.3 Å². The molecule has 1 saturated heterocycles. The summed E-state index contributed by atoms with van der Waals surface area (Å²) in [4.78, 5) is 39.3. The van der Waals surface area contributed by atoms with Crippen LogP contribution in [0.4, 0.5) is 5.69 Å². The largest absolute Gasteiger partial charge is 0.382 e. The highest BCUT2D eigenvalue weighted by Crippen LogP contribution is 2.27. The van der Waals surface area contributed by atoms with Gasteiger partial charge in [0, 0.05) is 12.2 Å². The van der Waals surface area contributed by atoms with E-state index in [-0.39, 0.29) is 5.91 Å². The van der Waals surface area contributed by atoms with E-state index in [1.54, 1.807) is 0 Å². The smallest absolute Gasteiger partial charge is 0.272 e. The number of unbranched alkanes of at least 4 members (excludes halogenated alkanes) is 1. The van der Waals surface area contributed by atoms with Gasteiger partial charge >= 0.3 is 0 Å². The molecule has 4 N–H and O–H groups in total. The van der Waals surface area contributed by atoms with Gasteiger partial charge in [0.1, 0.15) is 12.1 Å². The Kier molecular flexibility index (Phi) is 7.44. The lowest BCUT2D eigenvalue weighted by Gasteiger charge is -2.30. The lowest BCUT2D eigenvalue weighted by Crippen LogP contribution is -2.50. The molecule has 2 aliphatic rings. The molecule has 0 spiro atoms. The van der Waals surface area contributed by atoms with Gasteiger partial charge in [-0.3, -0.25) is 19.6 Å². The fourth-order valence-corrected chi connectivity index (χ4v) is 4.48. The summed E-state index contributed by atoms with van der Waals surface area (Å²) in [6.45, 7) is 2.35. The maximum Gasteiger partial charge on any atom is 0.272 e. The fraction of sp³-hybridized carbons (Fsp3) is 0.591. The van der Waals surface area contributed by atoms with E-state index in [1.807, 2.05) is 25.1 Å². The zero-order chi connectivity index (χ0) is 21.7. The summed E-state index contributed by atoms with van der Waals surface area (Å²) in [5.41, 5.74) is 4.71. The third-order valence-corrected chi connectivity index (χ3v) is 6.15. The molecule has 1 aromatic rings. The lowest BCUT2D eigenvalue weighted by molar-refractivity contribution is -0.152. The number of aliphatic hydroxyl groups excluding tert-OH is 1. The van der Waals surface area contributed by atoms with Crippen LogP contribution >= 0.6 is 0 Å². The van der Waals surface area contributed by atoms with E-state index in [0.717, 1.165) is 31.4 Å². The van der Waals surface area contributed by atoms with Crippen molar-refractivity contribution in [1.82, 2.24) is 10.4 Å². The molecule has 3 atom stereocenters. The van der Waals surface area contributed by atoms with Crippen molar-refractivity contribution in [2.45, 2.75) is 70.4 Å². The first kappa shape index (κ1) is 22.2. The number of aryl methyl sites for hydroxylation is 2. The Morgan fingerprint density at radius 2 is 1.97 bits per heavy atom. The van der Waals surface area contributed by atoms with Crippen LogP contribution in [0, 0.1) is 5.92 Å². The quantitative estimate of drug-likeness (QED) is 0.380. The molecule has 1 aromatic carbocycles. The predicted molar refractivity (Wildman–Crippen MR) is 111 cm³/mol. The van der Waals surface area contributed by atoms with Gasteiger partial charge in [0.25, 0.3) is 5.91 Å². The fourth-order valence-electron chi connectivity index (χ4n) is 4.48. The zero-order valence-corrected chi connectivity index (χ0v) is 17.4. The predicted octanol–water partition coefficient (Wildman–Crippen LogP) is 1.78. The monoisotopic (exact) mass is 417 g/mol. The number of hydroxylamine groups is 1. The Labute approximate surface area is 176 Å². The Hall–Kier alpha value is -2.45. The van der Waals surface area contributed by atoms with Crippen LogP contribution in [-0.4, -0.2) is 51.6 Å². The Morgan fingerprint density at radius 3 is 2.70 bits per heavy atom. The zero-order valence-electron chi connectivity index (χ0n) is 17.4. The van der Waals surface area contributed by atoms with Crippen LogP contribution in [0.25, 0.3) is 0 Å². The molecule has 1 aliphatic heterocycles. The van der Waals surface area contributed by atoms with Crippen molar-refractivity contribution in [3.8, 4) is 0 Å². The van der Waals surface area contributed by atoms with Gasteiger partial charge < -0.3 is 15.3 Å². The molecule has 3 amide bonds. The number of rotatable bonds is 8. The maximum atomic E-state index is 13.2. The molecule has 0 aromatic heterocycles. The molecule has 1 heterocycles. The minimum absolute atomic E-state index is 0.255. The number of carbonyl (C=O) groups excluding carboxylic acids is 3. The highest BCUT2D eigenvalue weighted by Gasteiger charge is 2.41. The van der Waals surface area contributed by atoms with Gasteiger partial charge in [0.05, 0.1) is 5.92 Å². The van der Waals surface area contributed by atoms with Gasteiger partial charge in [-0.15, -0.1) is 0 Å². The van der Waals surface area contributed by atoms with Gasteiger partial charge in [-0.2, -0.15) is 0 Å². The minimum Gasteiger partial charge on any atom is -0.382 e. The minimum atomic E-state index is -1.66. The van der Waals surface area contributed by atoms with Crippen molar-refractivity contribution in [3.63, 3.8) is 0 Å².